The van der Waals surface area contributed by atoms with E-state index in [9.17, 15) is 4.79 Å². The van der Waals surface area contributed by atoms with Crippen molar-refractivity contribution in [3.05, 3.63) is 24.3 Å². The maximum Gasteiger partial charge on any atom is 0.228 e. The molecule has 0 aliphatic heterocycles. The number of hydrogen-bond donors (Lipinski definition) is 2. The minimum Gasteiger partial charge on any atom is -0.326 e. The molecule has 0 bridgehead atoms. The summed E-state index contributed by atoms with van der Waals surface area (Å²) in [7, 11) is 1.85. The number of anilines is 1. The van der Waals surface area contributed by atoms with E-state index in [4.69, 9.17) is 0 Å². The van der Waals surface area contributed by atoms with Crippen LogP contribution in [-0.4, -0.2) is 24.2 Å². The third kappa shape index (κ3) is 6.12. The summed E-state index contributed by atoms with van der Waals surface area (Å²) in [6, 6.07) is 8.01. The van der Waals surface area contributed by atoms with E-state index in [0.29, 0.717) is 6.54 Å². The van der Waals surface area contributed by atoms with Crippen molar-refractivity contribution in [2.75, 3.05) is 18.9 Å². The summed E-state index contributed by atoms with van der Waals surface area (Å²) >= 11 is 1.82. The number of carbonyl (C=O) groups is 1. The third-order valence-corrected chi connectivity index (χ3v) is 3.62. The van der Waals surface area contributed by atoms with Gasteiger partial charge in [0.1, 0.15) is 0 Å². The van der Waals surface area contributed by atoms with Crippen molar-refractivity contribution in [1.82, 2.24) is 5.32 Å². The largest absolute Gasteiger partial charge is 0.326 e. The quantitative estimate of drug-likeness (QED) is 0.813. The molecule has 0 fully saturated rings. The highest BCUT2D eigenvalue weighted by Crippen LogP contribution is 2.32. The van der Waals surface area contributed by atoms with Gasteiger partial charge in [-0.2, -0.15) is 0 Å². The minimum atomic E-state index is -0.0337. The lowest BCUT2D eigenvalue weighted by Gasteiger charge is -2.18. The molecular formula is C15H24N2OS. The molecule has 0 heterocycles. The van der Waals surface area contributed by atoms with Gasteiger partial charge in [0.05, 0.1) is 0 Å². The Bertz CT molecular complexity index is 409. The van der Waals surface area contributed by atoms with E-state index >= 15 is 0 Å². The van der Waals surface area contributed by atoms with Crippen LogP contribution in [-0.2, 0) is 4.79 Å². The molecule has 0 radical (unpaired) electrons. The lowest BCUT2D eigenvalue weighted by molar-refractivity contribution is -0.119. The molecule has 1 atom stereocenters. The van der Waals surface area contributed by atoms with Crippen molar-refractivity contribution in [2.45, 2.75) is 37.3 Å². The highest BCUT2D eigenvalue weighted by atomic mass is 32.2. The van der Waals surface area contributed by atoms with Gasteiger partial charge in [-0.05, 0) is 31.3 Å². The maximum atomic E-state index is 11.9. The molecule has 1 unspecified atom stereocenters. The van der Waals surface area contributed by atoms with E-state index in [-0.39, 0.29) is 16.6 Å². The second-order valence-corrected chi connectivity index (χ2v) is 7.59. The van der Waals surface area contributed by atoms with Crippen molar-refractivity contribution in [1.29, 1.82) is 0 Å². The van der Waals surface area contributed by atoms with Crippen LogP contribution in [0.5, 0.6) is 0 Å². The smallest absolute Gasteiger partial charge is 0.228 e. The zero-order chi connectivity index (χ0) is 14.5. The predicted octanol–water partition coefficient (Wildman–Crippen LogP) is 3.37. The Kier molecular flexibility index (Phi) is 5.88. The first-order chi connectivity index (χ1) is 8.81. The average molecular weight is 280 g/mol. The van der Waals surface area contributed by atoms with E-state index in [0.717, 1.165) is 5.69 Å². The molecule has 0 spiro atoms. The zero-order valence-electron chi connectivity index (χ0n) is 12.4. The van der Waals surface area contributed by atoms with Crippen LogP contribution in [0.2, 0.25) is 0 Å². The van der Waals surface area contributed by atoms with Crippen molar-refractivity contribution in [3.8, 4) is 0 Å². The first kappa shape index (κ1) is 16.1. The van der Waals surface area contributed by atoms with Crippen LogP contribution in [0.3, 0.4) is 0 Å². The molecule has 106 valence electrons. The number of rotatable bonds is 5. The Morgan fingerprint density at radius 1 is 1.26 bits per heavy atom. The molecule has 0 aromatic heterocycles. The van der Waals surface area contributed by atoms with Gasteiger partial charge in [0.25, 0.3) is 0 Å². The predicted molar refractivity (Wildman–Crippen MR) is 83.8 cm³/mol. The van der Waals surface area contributed by atoms with Gasteiger partial charge in [0.2, 0.25) is 5.91 Å². The van der Waals surface area contributed by atoms with Crippen molar-refractivity contribution >= 4 is 23.4 Å². The summed E-state index contributed by atoms with van der Waals surface area (Å²) in [6.45, 7) is 9.16. The summed E-state index contributed by atoms with van der Waals surface area (Å²) in [5.74, 6) is 0.0131. The van der Waals surface area contributed by atoms with E-state index in [2.05, 4.69) is 31.4 Å². The fourth-order valence-electron chi connectivity index (χ4n) is 1.62. The fourth-order valence-corrected chi connectivity index (χ4v) is 2.60. The second kappa shape index (κ2) is 6.96. The first-order valence-electron chi connectivity index (χ1n) is 6.56. The molecule has 1 aromatic rings. The van der Waals surface area contributed by atoms with Crippen LogP contribution in [0.4, 0.5) is 5.69 Å². The summed E-state index contributed by atoms with van der Waals surface area (Å²) in [4.78, 5) is 13.1. The van der Waals surface area contributed by atoms with Crippen molar-refractivity contribution < 1.29 is 4.79 Å². The van der Waals surface area contributed by atoms with Crippen LogP contribution in [0.1, 0.15) is 27.7 Å². The monoisotopic (exact) mass is 280 g/mol. The summed E-state index contributed by atoms with van der Waals surface area (Å²) < 4.78 is 0.200. The van der Waals surface area contributed by atoms with Gasteiger partial charge in [0, 0.05) is 27.8 Å². The molecule has 0 aliphatic rings. The molecule has 2 N–H and O–H groups in total. The number of amides is 1. The van der Waals surface area contributed by atoms with Crippen LogP contribution < -0.4 is 10.6 Å². The van der Waals surface area contributed by atoms with Crippen molar-refractivity contribution in [2.24, 2.45) is 5.92 Å². The van der Waals surface area contributed by atoms with Gasteiger partial charge in [-0.25, -0.2) is 0 Å². The Hall–Kier alpha value is -1.00. The number of hydrogen-bond acceptors (Lipinski definition) is 3. The lowest BCUT2D eigenvalue weighted by Crippen LogP contribution is -2.28. The molecule has 0 saturated carbocycles. The van der Waals surface area contributed by atoms with Gasteiger partial charge in [-0.1, -0.05) is 27.7 Å². The molecular weight excluding hydrogens is 256 g/mol. The SMILES string of the molecule is CNCC(C)C(=O)Nc1ccc(SC(C)(C)C)cc1. The highest BCUT2D eigenvalue weighted by Gasteiger charge is 2.13. The molecule has 19 heavy (non-hydrogen) atoms. The van der Waals surface area contributed by atoms with Crippen LogP contribution in [0.25, 0.3) is 0 Å². The Balaban J connectivity index is 2.59. The molecule has 3 nitrogen and oxygen atoms in total. The number of carbonyl (C=O) groups excluding carboxylic acids is 1. The van der Waals surface area contributed by atoms with Gasteiger partial charge in [-0.15, -0.1) is 11.8 Å². The minimum absolute atomic E-state index is 0.0337. The topological polar surface area (TPSA) is 41.1 Å². The first-order valence-corrected chi connectivity index (χ1v) is 7.38. The highest BCUT2D eigenvalue weighted by molar-refractivity contribution is 8.00. The van der Waals surface area contributed by atoms with Gasteiger partial charge < -0.3 is 10.6 Å². The third-order valence-electron chi connectivity index (χ3n) is 2.50. The van der Waals surface area contributed by atoms with E-state index in [1.807, 2.05) is 50.0 Å². The standard InChI is InChI=1S/C15H24N2OS/c1-11(10-16-5)14(18)17-12-6-8-13(9-7-12)19-15(2,3)4/h6-9,11,16H,10H2,1-5H3,(H,17,18). The summed E-state index contributed by atoms with van der Waals surface area (Å²) in [5.41, 5.74) is 0.853. The average Bonchev–Trinajstić information content (AvgIpc) is 2.30. The number of thioether (sulfide) groups is 1. The number of benzene rings is 1. The molecule has 1 aromatic carbocycles. The van der Waals surface area contributed by atoms with Crippen LogP contribution in [0.15, 0.2) is 29.2 Å². The fraction of sp³-hybridized carbons (Fsp3) is 0.533. The zero-order valence-corrected chi connectivity index (χ0v) is 13.2. The van der Waals surface area contributed by atoms with E-state index in [1.165, 1.54) is 4.90 Å². The van der Waals surface area contributed by atoms with Crippen LogP contribution in [0, 0.1) is 5.92 Å². The summed E-state index contributed by atoms with van der Waals surface area (Å²) in [6.07, 6.45) is 0. The van der Waals surface area contributed by atoms with Gasteiger partial charge in [0.15, 0.2) is 0 Å². The maximum absolute atomic E-state index is 11.9. The molecule has 0 saturated heterocycles. The summed E-state index contributed by atoms with van der Waals surface area (Å²) in [5, 5.41) is 5.93. The molecule has 1 amide bonds. The lowest BCUT2D eigenvalue weighted by atomic mass is 10.1. The Morgan fingerprint density at radius 3 is 2.32 bits per heavy atom. The molecule has 0 aliphatic carbocycles. The Labute approximate surface area is 120 Å². The molecule has 1 rings (SSSR count). The Morgan fingerprint density at radius 2 is 1.84 bits per heavy atom. The molecule has 4 heteroatoms. The van der Waals surface area contributed by atoms with Gasteiger partial charge in [-0.3, -0.25) is 4.79 Å². The van der Waals surface area contributed by atoms with Crippen LogP contribution >= 0.6 is 11.8 Å². The van der Waals surface area contributed by atoms with Crippen molar-refractivity contribution in [3.63, 3.8) is 0 Å². The van der Waals surface area contributed by atoms with Gasteiger partial charge >= 0.3 is 0 Å². The normalized spacial score (nSPS) is 13.1. The second-order valence-electron chi connectivity index (χ2n) is 5.69. The number of nitrogens with one attached hydrogen (secondary N) is 2. The van der Waals surface area contributed by atoms with E-state index < -0.39 is 0 Å². The van der Waals surface area contributed by atoms with E-state index in [1.54, 1.807) is 0 Å².